The molecule has 0 saturated heterocycles. The molecule has 0 bridgehead atoms. The largest absolute Gasteiger partial charge is 0.484 e. The summed E-state index contributed by atoms with van der Waals surface area (Å²) in [4.78, 5) is 16.3. The Kier molecular flexibility index (Phi) is 10.7. The van der Waals surface area contributed by atoms with Crippen LogP contribution in [0.2, 0.25) is 0 Å². The van der Waals surface area contributed by atoms with Crippen LogP contribution in [0.1, 0.15) is 38.2 Å². The maximum atomic E-state index is 11.7. The maximum Gasteiger partial charge on any atom is 0.258 e. The number of unbranched alkanes of at least 4 members (excludes halogenated alkanes) is 1. The normalized spacial score (nSPS) is 13.9. The number of benzene rings is 1. The molecule has 3 N–H and O–H groups in total. The van der Waals surface area contributed by atoms with Crippen LogP contribution in [0.25, 0.3) is 0 Å². The number of hydrogen-bond donors (Lipinski definition) is 3. The van der Waals surface area contributed by atoms with E-state index < -0.39 is 0 Å². The number of rotatable bonds is 13. The zero-order valence-corrected chi connectivity index (χ0v) is 17.9. The quantitative estimate of drug-likeness (QED) is 0.267. The Balaban J connectivity index is 1.65. The average molecular weight is 407 g/mol. The van der Waals surface area contributed by atoms with Gasteiger partial charge in [-0.1, -0.05) is 12.1 Å². The van der Waals surface area contributed by atoms with Crippen molar-refractivity contribution >= 4 is 23.6 Å². The molecule has 7 heteroatoms. The van der Waals surface area contributed by atoms with Crippen molar-refractivity contribution in [3.05, 3.63) is 29.8 Å². The Morgan fingerprint density at radius 1 is 1.21 bits per heavy atom. The van der Waals surface area contributed by atoms with E-state index in [2.05, 4.69) is 34.1 Å². The molecule has 156 valence electrons. The van der Waals surface area contributed by atoms with Crippen molar-refractivity contribution in [1.82, 2.24) is 16.0 Å². The first kappa shape index (κ1) is 22.4. The Morgan fingerprint density at radius 3 is 2.68 bits per heavy atom. The minimum absolute atomic E-state index is 0.0422. The fraction of sp³-hybridized carbons (Fsp3) is 0.619. The number of nitrogens with one attached hydrogen (secondary N) is 3. The summed E-state index contributed by atoms with van der Waals surface area (Å²) in [5, 5.41) is 9.60. The summed E-state index contributed by atoms with van der Waals surface area (Å²) in [7, 11) is 0. The van der Waals surface area contributed by atoms with Gasteiger partial charge < -0.3 is 20.7 Å². The van der Waals surface area contributed by atoms with Crippen LogP contribution in [0, 0.1) is 0 Å². The molecule has 0 aromatic heterocycles. The van der Waals surface area contributed by atoms with Gasteiger partial charge in [0.15, 0.2) is 12.6 Å². The first-order chi connectivity index (χ1) is 13.7. The lowest BCUT2D eigenvalue weighted by molar-refractivity contribution is -0.123. The molecular formula is C21H34N4O2S. The molecule has 1 aromatic rings. The molecule has 0 aliphatic heterocycles. The molecule has 0 radical (unpaired) electrons. The van der Waals surface area contributed by atoms with Crippen LogP contribution in [0.3, 0.4) is 0 Å². The standard InChI is InChI=1S/C21H34N4O2S/c1-3-22-21(23-13-4-5-15-28-2)24-14-12-17-6-10-19(11-7-17)27-16-20(26)25-18-8-9-18/h6-7,10-11,18H,3-5,8-9,12-16H2,1-2H3,(H,25,26)(H2,22,23,24). The summed E-state index contributed by atoms with van der Waals surface area (Å²) in [6, 6.07) is 8.30. The average Bonchev–Trinajstić information content (AvgIpc) is 3.51. The zero-order valence-electron chi connectivity index (χ0n) is 17.1. The molecule has 1 aliphatic rings. The fourth-order valence-electron chi connectivity index (χ4n) is 2.61. The van der Waals surface area contributed by atoms with Crippen LogP contribution in [-0.4, -0.2) is 56.2 Å². The van der Waals surface area contributed by atoms with E-state index in [4.69, 9.17) is 4.74 Å². The number of nitrogens with zero attached hydrogens (tertiary/aromatic N) is 1. The minimum atomic E-state index is -0.0422. The lowest BCUT2D eigenvalue weighted by atomic mass is 10.1. The predicted molar refractivity (Wildman–Crippen MR) is 118 cm³/mol. The second-order valence-corrected chi connectivity index (χ2v) is 7.90. The van der Waals surface area contributed by atoms with E-state index in [-0.39, 0.29) is 12.5 Å². The van der Waals surface area contributed by atoms with E-state index in [0.29, 0.717) is 6.04 Å². The van der Waals surface area contributed by atoms with Gasteiger partial charge in [0.05, 0.1) is 0 Å². The van der Waals surface area contributed by atoms with Gasteiger partial charge in [-0.05, 0) is 68.7 Å². The molecule has 0 atom stereocenters. The van der Waals surface area contributed by atoms with Crippen molar-refractivity contribution in [3.63, 3.8) is 0 Å². The number of carbonyl (C=O) groups is 1. The molecular weight excluding hydrogens is 372 g/mol. The molecule has 6 nitrogen and oxygen atoms in total. The predicted octanol–water partition coefficient (Wildman–Crippen LogP) is 2.58. The van der Waals surface area contributed by atoms with Crippen LogP contribution >= 0.6 is 11.8 Å². The summed E-state index contributed by atoms with van der Waals surface area (Å²) in [5.41, 5.74) is 1.22. The van der Waals surface area contributed by atoms with Gasteiger partial charge in [0.1, 0.15) is 5.75 Å². The third kappa shape index (κ3) is 9.88. The highest BCUT2D eigenvalue weighted by atomic mass is 32.2. The Bertz CT molecular complexity index is 603. The minimum Gasteiger partial charge on any atom is -0.484 e. The van der Waals surface area contributed by atoms with Crippen molar-refractivity contribution in [2.75, 3.05) is 38.2 Å². The van der Waals surface area contributed by atoms with Gasteiger partial charge in [-0.3, -0.25) is 9.79 Å². The SMILES string of the molecule is CCNC(=NCCCCSC)NCCc1ccc(OCC(=O)NC2CC2)cc1. The van der Waals surface area contributed by atoms with Crippen LogP contribution in [0.15, 0.2) is 29.3 Å². The van der Waals surface area contributed by atoms with Crippen LogP contribution < -0.4 is 20.7 Å². The summed E-state index contributed by atoms with van der Waals surface area (Å²) in [6.45, 7) is 4.69. The van der Waals surface area contributed by atoms with E-state index >= 15 is 0 Å². The highest BCUT2D eigenvalue weighted by Crippen LogP contribution is 2.18. The number of hydrogen-bond acceptors (Lipinski definition) is 4. The summed E-state index contributed by atoms with van der Waals surface area (Å²) in [5.74, 6) is 2.76. The molecule has 1 fully saturated rings. The van der Waals surface area contributed by atoms with E-state index in [1.165, 1.54) is 17.7 Å². The topological polar surface area (TPSA) is 74.8 Å². The number of ether oxygens (including phenoxy) is 1. The molecule has 1 amide bonds. The monoisotopic (exact) mass is 406 g/mol. The van der Waals surface area contributed by atoms with Gasteiger partial charge in [-0.25, -0.2) is 0 Å². The van der Waals surface area contributed by atoms with E-state index in [1.807, 2.05) is 36.0 Å². The molecule has 0 heterocycles. The molecule has 1 saturated carbocycles. The smallest absolute Gasteiger partial charge is 0.258 e. The fourth-order valence-corrected chi connectivity index (χ4v) is 3.11. The summed E-state index contributed by atoms with van der Waals surface area (Å²) < 4.78 is 5.54. The van der Waals surface area contributed by atoms with E-state index in [9.17, 15) is 4.79 Å². The lowest BCUT2D eigenvalue weighted by Gasteiger charge is -2.12. The van der Waals surface area contributed by atoms with Crippen molar-refractivity contribution in [2.45, 2.75) is 45.1 Å². The first-order valence-corrected chi connectivity index (χ1v) is 11.6. The number of aliphatic imine (C=N–C) groups is 1. The molecule has 2 rings (SSSR count). The Morgan fingerprint density at radius 2 is 2.00 bits per heavy atom. The van der Waals surface area contributed by atoms with E-state index in [1.54, 1.807) is 0 Å². The molecule has 0 spiro atoms. The van der Waals surface area contributed by atoms with Gasteiger partial charge in [0, 0.05) is 25.7 Å². The lowest BCUT2D eigenvalue weighted by Crippen LogP contribution is -2.38. The molecule has 1 aromatic carbocycles. The van der Waals surface area contributed by atoms with Crippen LogP contribution in [-0.2, 0) is 11.2 Å². The number of carbonyl (C=O) groups excluding carboxylic acids is 1. The first-order valence-electron chi connectivity index (χ1n) is 10.2. The van der Waals surface area contributed by atoms with Crippen LogP contribution in [0.4, 0.5) is 0 Å². The van der Waals surface area contributed by atoms with Gasteiger partial charge in [0.2, 0.25) is 0 Å². The summed E-state index contributed by atoms with van der Waals surface area (Å²) in [6.07, 6.45) is 7.55. The third-order valence-electron chi connectivity index (χ3n) is 4.31. The van der Waals surface area contributed by atoms with E-state index in [0.717, 1.165) is 57.0 Å². The highest BCUT2D eigenvalue weighted by Gasteiger charge is 2.23. The third-order valence-corrected chi connectivity index (χ3v) is 5.01. The van der Waals surface area contributed by atoms with Crippen molar-refractivity contribution in [1.29, 1.82) is 0 Å². The maximum absolute atomic E-state index is 11.7. The van der Waals surface area contributed by atoms with Crippen LogP contribution in [0.5, 0.6) is 5.75 Å². The van der Waals surface area contributed by atoms with Crippen molar-refractivity contribution in [2.24, 2.45) is 4.99 Å². The zero-order chi connectivity index (χ0) is 20.0. The Labute approximate surface area is 173 Å². The van der Waals surface area contributed by atoms with Gasteiger partial charge >= 0.3 is 0 Å². The van der Waals surface area contributed by atoms with Gasteiger partial charge in [0.25, 0.3) is 5.91 Å². The van der Waals surface area contributed by atoms with Crippen molar-refractivity contribution in [3.8, 4) is 5.75 Å². The number of amides is 1. The molecule has 0 unspecified atom stereocenters. The highest BCUT2D eigenvalue weighted by molar-refractivity contribution is 7.98. The number of thioether (sulfide) groups is 1. The van der Waals surface area contributed by atoms with Gasteiger partial charge in [-0.2, -0.15) is 11.8 Å². The molecule has 1 aliphatic carbocycles. The van der Waals surface area contributed by atoms with Gasteiger partial charge in [-0.15, -0.1) is 0 Å². The summed E-state index contributed by atoms with van der Waals surface area (Å²) >= 11 is 1.88. The number of guanidine groups is 1. The molecule has 28 heavy (non-hydrogen) atoms. The second kappa shape index (κ2) is 13.3. The Hall–Kier alpha value is -1.89. The second-order valence-electron chi connectivity index (χ2n) is 6.91. The van der Waals surface area contributed by atoms with Crippen molar-refractivity contribution < 1.29 is 9.53 Å².